The van der Waals surface area contributed by atoms with Crippen LogP contribution in [-0.4, -0.2) is 35.2 Å². The standard InChI is InChI=1S/C23H25N3S2/c1-5-26(15(2)3)17-12-10-16(11-13-17)25-21-14-20(23(28)24-4)22(27)19-9-7-6-8-18(19)21/h6-15H,5H2,1-4H3,(H,24,28). The number of hydrogen-bond donors (Lipinski definition) is 1. The quantitative estimate of drug-likeness (QED) is 0.686. The molecule has 0 aromatic heterocycles. The second-order valence-electron chi connectivity index (χ2n) is 6.91. The maximum atomic E-state index is 5.67. The minimum atomic E-state index is 0.460. The largest absolute Gasteiger partial charge is 0.379 e. The van der Waals surface area contributed by atoms with E-state index in [0.717, 1.165) is 39.5 Å². The van der Waals surface area contributed by atoms with E-state index in [0.29, 0.717) is 11.0 Å². The van der Waals surface area contributed by atoms with Crippen LogP contribution in [0, 0.1) is 0 Å². The van der Waals surface area contributed by atoms with Gasteiger partial charge in [0.05, 0.1) is 16.3 Å². The fraction of sp³-hybridized carbons (Fsp3) is 0.261. The van der Waals surface area contributed by atoms with Crippen molar-refractivity contribution in [2.75, 3.05) is 18.5 Å². The molecule has 0 spiro atoms. The van der Waals surface area contributed by atoms with E-state index in [9.17, 15) is 0 Å². The predicted molar refractivity (Wildman–Crippen MR) is 129 cm³/mol. The summed E-state index contributed by atoms with van der Waals surface area (Å²) in [6.07, 6.45) is 1.99. The highest BCUT2D eigenvalue weighted by atomic mass is 32.1. The van der Waals surface area contributed by atoms with Crippen molar-refractivity contribution >= 4 is 51.4 Å². The van der Waals surface area contributed by atoms with Gasteiger partial charge in [-0.15, -0.1) is 0 Å². The summed E-state index contributed by atoms with van der Waals surface area (Å²) in [5.74, 6) is 0. The highest BCUT2D eigenvalue weighted by molar-refractivity contribution is 7.83. The Balaban J connectivity index is 2.03. The Kier molecular flexibility index (Phi) is 6.37. The summed E-state index contributed by atoms with van der Waals surface area (Å²) in [4.78, 5) is 8.66. The average molecular weight is 408 g/mol. The number of thiocarbonyl (C=S) groups is 2. The van der Waals surface area contributed by atoms with Crippen LogP contribution in [0.15, 0.2) is 65.2 Å². The number of anilines is 1. The van der Waals surface area contributed by atoms with Crippen molar-refractivity contribution < 1.29 is 0 Å². The van der Waals surface area contributed by atoms with Gasteiger partial charge in [0.15, 0.2) is 0 Å². The Morgan fingerprint density at radius 1 is 1.07 bits per heavy atom. The molecule has 2 aromatic rings. The molecule has 1 N–H and O–H groups in total. The number of allylic oxidation sites excluding steroid dienone is 1. The first-order valence-corrected chi connectivity index (χ1v) is 10.3. The molecule has 0 saturated heterocycles. The van der Waals surface area contributed by atoms with E-state index in [1.807, 2.05) is 31.3 Å². The number of aliphatic imine (C=N–C) groups is 1. The molecular weight excluding hydrogens is 382 g/mol. The Morgan fingerprint density at radius 2 is 1.71 bits per heavy atom. The summed E-state index contributed by atoms with van der Waals surface area (Å²) >= 11 is 11.1. The number of nitrogens with one attached hydrogen (secondary N) is 1. The lowest BCUT2D eigenvalue weighted by Gasteiger charge is -2.27. The van der Waals surface area contributed by atoms with E-state index in [2.05, 4.69) is 61.3 Å². The molecule has 3 nitrogen and oxygen atoms in total. The van der Waals surface area contributed by atoms with Crippen molar-refractivity contribution in [3.8, 4) is 0 Å². The maximum absolute atomic E-state index is 5.67. The zero-order valence-electron chi connectivity index (χ0n) is 16.7. The van der Waals surface area contributed by atoms with Crippen molar-refractivity contribution in [2.24, 2.45) is 4.99 Å². The van der Waals surface area contributed by atoms with E-state index >= 15 is 0 Å². The minimum absolute atomic E-state index is 0.460. The molecule has 0 aliphatic heterocycles. The van der Waals surface area contributed by atoms with Crippen LogP contribution in [0.2, 0.25) is 0 Å². The van der Waals surface area contributed by atoms with Crippen LogP contribution in [0.3, 0.4) is 0 Å². The molecule has 0 amide bonds. The Bertz CT molecular complexity index is 956. The molecule has 0 radical (unpaired) electrons. The van der Waals surface area contributed by atoms with Crippen LogP contribution < -0.4 is 10.2 Å². The van der Waals surface area contributed by atoms with Crippen LogP contribution in [0.5, 0.6) is 0 Å². The molecule has 1 aliphatic carbocycles. The predicted octanol–water partition coefficient (Wildman–Crippen LogP) is 5.25. The van der Waals surface area contributed by atoms with Crippen molar-refractivity contribution in [1.82, 2.24) is 5.32 Å². The summed E-state index contributed by atoms with van der Waals surface area (Å²) < 4.78 is 0. The number of benzene rings is 2. The number of rotatable bonds is 5. The van der Waals surface area contributed by atoms with E-state index in [-0.39, 0.29) is 0 Å². The summed E-state index contributed by atoms with van der Waals surface area (Å²) in [5, 5.41) is 3.03. The molecule has 2 aromatic carbocycles. The van der Waals surface area contributed by atoms with Crippen LogP contribution in [-0.2, 0) is 0 Å². The van der Waals surface area contributed by atoms with Gasteiger partial charge in [-0.25, -0.2) is 4.99 Å². The molecule has 0 saturated carbocycles. The third kappa shape index (κ3) is 4.05. The highest BCUT2D eigenvalue weighted by Gasteiger charge is 2.23. The summed E-state index contributed by atoms with van der Waals surface area (Å²) in [6, 6.07) is 16.9. The normalized spacial score (nSPS) is 14.7. The Morgan fingerprint density at radius 3 is 2.29 bits per heavy atom. The topological polar surface area (TPSA) is 27.6 Å². The number of likely N-dealkylation sites (N-methyl/N-ethyl adjacent to an activating group) is 1. The average Bonchev–Trinajstić information content (AvgIpc) is 2.71. The third-order valence-corrected chi connectivity index (χ3v) is 5.70. The van der Waals surface area contributed by atoms with Crippen molar-refractivity contribution in [3.05, 3.63) is 71.3 Å². The van der Waals surface area contributed by atoms with E-state index in [1.54, 1.807) is 0 Å². The monoisotopic (exact) mass is 407 g/mol. The first-order valence-electron chi connectivity index (χ1n) is 9.49. The Hall–Kier alpha value is -2.37. The summed E-state index contributed by atoms with van der Waals surface area (Å²) in [7, 11) is 1.82. The fourth-order valence-corrected chi connectivity index (χ4v) is 3.99. The van der Waals surface area contributed by atoms with Gasteiger partial charge < -0.3 is 10.2 Å². The first-order chi connectivity index (χ1) is 13.5. The van der Waals surface area contributed by atoms with Gasteiger partial charge >= 0.3 is 0 Å². The Labute approximate surface area is 178 Å². The van der Waals surface area contributed by atoms with Crippen molar-refractivity contribution in [1.29, 1.82) is 0 Å². The lowest BCUT2D eigenvalue weighted by molar-refractivity contribution is 0.704. The number of hydrogen-bond acceptors (Lipinski definition) is 4. The SMILES string of the molecule is CCN(c1ccc(N=C2C=C(C(=S)NC)C(=S)c3ccccc32)cc1)C(C)C. The summed E-state index contributed by atoms with van der Waals surface area (Å²) in [6.45, 7) is 7.56. The lowest BCUT2D eigenvalue weighted by Crippen LogP contribution is -2.30. The van der Waals surface area contributed by atoms with Crippen LogP contribution in [0.25, 0.3) is 0 Å². The molecule has 3 rings (SSSR count). The highest BCUT2D eigenvalue weighted by Crippen LogP contribution is 2.27. The van der Waals surface area contributed by atoms with E-state index in [1.165, 1.54) is 5.69 Å². The van der Waals surface area contributed by atoms with Gasteiger partial charge in [-0.3, -0.25) is 0 Å². The van der Waals surface area contributed by atoms with Crippen LogP contribution >= 0.6 is 24.4 Å². The molecule has 0 bridgehead atoms. The van der Waals surface area contributed by atoms with Gasteiger partial charge in [-0.1, -0.05) is 48.7 Å². The maximum Gasteiger partial charge on any atom is 0.107 e. The summed E-state index contributed by atoms with van der Waals surface area (Å²) in [5.41, 5.74) is 5.88. The number of fused-ring (bicyclic) bond motifs is 1. The molecule has 0 atom stereocenters. The molecule has 0 fully saturated rings. The third-order valence-electron chi connectivity index (χ3n) is 4.84. The lowest BCUT2D eigenvalue weighted by atomic mass is 9.89. The molecule has 1 aliphatic rings. The zero-order valence-corrected chi connectivity index (χ0v) is 18.3. The molecule has 144 valence electrons. The van der Waals surface area contributed by atoms with Crippen molar-refractivity contribution in [2.45, 2.75) is 26.8 Å². The van der Waals surface area contributed by atoms with Gasteiger partial charge in [0.25, 0.3) is 0 Å². The van der Waals surface area contributed by atoms with E-state index < -0.39 is 0 Å². The fourth-order valence-electron chi connectivity index (χ4n) is 3.43. The van der Waals surface area contributed by atoms with Gasteiger partial charge in [-0.2, -0.15) is 0 Å². The van der Waals surface area contributed by atoms with Gasteiger partial charge in [0.2, 0.25) is 0 Å². The van der Waals surface area contributed by atoms with Gasteiger partial charge in [-0.05, 0) is 51.1 Å². The molecule has 0 unspecified atom stereocenters. The number of nitrogens with zero attached hydrogens (tertiary/aromatic N) is 2. The first kappa shape index (κ1) is 20.4. The molecule has 0 heterocycles. The second kappa shape index (κ2) is 8.76. The molecular formula is C23H25N3S2. The zero-order chi connectivity index (χ0) is 20.3. The van der Waals surface area contributed by atoms with Crippen LogP contribution in [0.1, 0.15) is 31.9 Å². The minimum Gasteiger partial charge on any atom is -0.379 e. The smallest absolute Gasteiger partial charge is 0.107 e. The van der Waals surface area contributed by atoms with Gasteiger partial charge in [0, 0.05) is 42.0 Å². The molecule has 5 heteroatoms. The second-order valence-corrected chi connectivity index (χ2v) is 7.72. The van der Waals surface area contributed by atoms with Crippen molar-refractivity contribution in [3.63, 3.8) is 0 Å². The van der Waals surface area contributed by atoms with Gasteiger partial charge in [0.1, 0.15) is 4.99 Å². The molecule has 28 heavy (non-hydrogen) atoms. The van der Waals surface area contributed by atoms with Crippen LogP contribution in [0.4, 0.5) is 11.4 Å². The van der Waals surface area contributed by atoms with E-state index in [4.69, 9.17) is 29.4 Å².